The summed E-state index contributed by atoms with van der Waals surface area (Å²) in [5, 5.41) is 13.9. The molecule has 0 amide bonds. The maximum absolute atomic E-state index is 8.26. The molecule has 2 aromatic heterocycles. The van der Waals surface area contributed by atoms with Crippen molar-refractivity contribution < 1.29 is 9.47 Å². The van der Waals surface area contributed by atoms with Crippen molar-refractivity contribution in [2.45, 2.75) is 50.0 Å². The van der Waals surface area contributed by atoms with Crippen LogP contribution in [0.4, 0.5) is 0 Å². The van der Waals surface area contributed by atoms with Gasteiger partial charge in [-0.15, -0.1) is 22.7 Å². The summed E-state index contributed by atoms with van der Waals surface area (Å²) in [7, 11) is -0.446. The third-order valence-electron chi connectivity index (χ3n) is 7.27. The van der Waals surface area contributed by atoms with E-state index in [1.807, 2.05) is 17.0 Å². The molecule has 3 aromatic carbocycles. The van der Waals surface area contributed by atoms with Gasteiger partial charge in [0.25, 0.3) is 0 Å². The fraction of sp³-hybridized carbons (Fsp3) is 0.294. The Kier molecular flexibility index (Phi) is 13.1. The monoisotopic (exact) mass is 656 g/mol. The molecule has 4 unspecified atom stereocenters. The highest BCUT2D eigenvalue weighted by Gasteiger charge is 2.24. The summed E-state index contributed by atoms with van der Waals surface area (Å²) in [6, 6.07) is 32.5. The minimum Gasteiger partial charge on any atom is -0.371 e. The molecule has 0 radical (unpaired) electrons. The lowest BCUT2D eigenvalue weighted by Crippen LogP contribution is -2.32. The van der Waals surface area contributed by atoms with E-state index in [0.717, 1.165) is 35.7 Å². The van der Waals surface area contributed by atoms with Gasteiger partial charge in [-0.1, -0.05) is 96.1 Å². The molecule has 2 fully saturated rings. The fourth-order valence-electron chi connectivity index (χ4n) is 5.03. The molecular formula is C34H37N6O2PS2. The predicted octanol–water partition coefficient (Wildman–Crippen LogP) is 7.44. The van der Waals surface area contributed by atoms with Gasteiger partial charge in [-0.2, -0.15) is 0 Å². The molecular weight excluding hydrogens is 620 g/mol. The Labute approximate surface area is 273 Å². The lowest BCUT2D eigenvalue weighted by atomic mass is 10.1. The van der Waals surface area contributed by atoms with Gasteiger partial charge in [0.2, 0.25) is 0 Å². The minimum absolute atomic E-state index is 0.00351. The molecule has 4 atom stereocenters. The number of rotatable bonds is 6. The number of nitrogens with two attached hydrogens (primary N) is 1. The zero-order valence-electron chi connectivity index (χ0n) is 24.9. The van der Waals surface area contributed by atoms with Crippen molar-refractivity contribution in [3.63, 3.8) is 0 Å². The molecule has 2 aliphatic rings. The maximum atomic E-state index is 8.26. The molecule has 2 saturated heterocycles. The lowest BCUT2D eigenvalue weighted by Gasteiger charge is -2.25. The summed E-state index contributed by atoms with van der Waals surface area (Å²) in [5.41, 5.74) is 14.0. The number of hydrogen-bond donors (Lipinski definition) is 1. The standard InChI is InChI=1S/C18H15P.C8H10N4OS.C8H12N2OS/c1-4-10-16(11-5-1)19(17-12-6-2-7-13-17)18-14-8-3-9-15-18;9-12-11-6-1-2-7(13-5-6)8-10-3-4-14-8;9-6-1-2-7(11-5-6)8-10-3-4-12-8/h1-15H;3-4,6-7H,1-2,5H2;3-4,6-7H,1-2,5,9H2. The second kappa shape index (κ2) is 17.9. The van der Waals surface area contributed by atoms with Crippen molar-refractivity contribution in [1.29, 1.82) is 0 Å². The summed E-state index contributed by atoms with van der Waals surface area (Å²) in [6.45, 7) is 1.18. The third kappa shape index (κ3) is 10.0. The average molecular weight is 657 g/mol. The second-order valence-electron chi connectivity index (χ2n) is 10.5. The Morgan fingerprint density at radius 3 is 1.51 bits per heavy atom. The van der Waals surface area contributed by atoms with Gasteiger partial charge >= 0.3 is 0 Å². The fourth-order valence-corrected chi connectivity index (χ4v) is 8.77. The molecule has 0 spiro atoms. The first-order valence-corrected chi connectivity index (χ1v) is 18.1. The summed E-state index contributed by atoms with van der Waals surface area (Å²) < 4.78 is 11.1. The number of nitrogens with zero attached hydrogens (tertiary/aromatic N) is 5. The van der Waals surface area contributed by atoms with Crippen LogP contribution in [0.25, 0.3) is 10.4 Å². The molecule has 2 N–H and O–H groups in total. The highest BCUT2D eigenvalue weighted by molar-refractivity contribution is 7.79. The van der Waals surface area contributed by atoms with E-state index in [4.69, 9.17) is 20.7 Å². The van der Waals surface area contributed by atoms with Crippen LogP contribution in [0.5, 0.6) is 0 Å². The average Bonchev–Trinajstić information content (AvgIpc) is 3.84. The number of hydrogen-bond acceptors (Lipinski definition) is 8. The molecule has 7 rings (SSSR count). The first kappa shape index (κ1) is 32.9. The number of azide groups is 1. The zero-order chi connectivity index (χ0) is 31.1. The van der Waals surface area contributed by atoms with E-state index < -0.39 is 7.92 Å². The predicted molar refractivity (Wildman–Crippen MR) is 186 cm³/mol. The number of benzene rings is 3. The Bertz CT molecular complexity index is 1450. The van der Waals surface area contributed by atoms with Gasteiger partial charge in [0.05, 0.1) is 19.3 Å². The van der Waals surface area contributed by atoms with Crippen LogP contribution in [0, 0.1) is 0 Å². The van der Waals surface area contributed by atoms with Gasteiger partial charge in [-0.3, -0.25) is 0 Å². The smallest absolute Gasteiger partial charge is 0.121 e. The lowest BCUT2D eigenvalue weighted by molar-refractivity contribution is 0.00398. The number of thiazole rings is 2. The van der Waals surface area contributed by atoms with Crippen LogP contribution < -0.4 is 21.6 Å². The van der Waals surface area contributed by atoms with Crippen LogP contribution in [0.3, 0.4) is 0 Å². The van der Waals surface area contributed by atoms with Gasteiger partial charge < -0.3 is 15.2 Å². The van der Waals surface area contributed by atoms with E-state index in [9.17, 15) is 0 Å². The summed E-state index contributed by atoms with van der Waals surface area (Å²) in [5.74, 6) is 0. The Morgan fingerprint density at radius 2 is 1.16 bits per heavy atom. The van der Waals surface area contributed by atoms with E-state index in [1.165, 1.54) is 15.9 Å². The van der Waals surface area contributed by atoms with Crippen molar-refractivity contribution in [3.8, 4) is 0 Å². The first-order chi connectivity index (χ1) is 22.2. The molecule has 4 heterocycles. The summed E-state index contributed by atoms with van der Waals surface area (Å²) >= 11 is 3.26. The van der Waals surface area contributed by atoms with Gasteiger partial charge in [-0.05, 0) is 55.0 Å². The van der Waals surface area contributed by atoms with Crippen LogP contribution in [-0.4, -0.2) is 35.3 Å². The van der Waals surface area contributed by atoms with Crippen LogP contribution >= 0.6 is 30.6 Å². The molecule has 8 nitrogen and oxygen atoms in total. The Hall–Kier alpha value is -3.46. The Morgan fingerprint density at radius 1 is 0.689 bits per heavy atom. The summed E-state index contributed by atoms with van der Waals surface area (Å²) in [6.07, 6.45) is 7.72. The normalized spacial score (nSPS) is 20.9. The van der Waals surface area contributed by atoms with Crippen LogP contribution in [0.1, 0.15) is 47.9 Å². The maximum Gasteiger partial charge on any atom is 0.121 e. The second-order valence-corrected chi connectivity index (χ2v) is 14.6. The van der Waals surface area contributed by atoms with Gasteiger partial charge in [-0.25, -0.2) is 9.97 Å². The van der Waals surface area contributed by atoms with Crippen molar-refractivity contribution in [1.82, 2.24) is 9.97 Å². The van der Waals surface area contributed by atoms with E-state index in [2.05, 4.69) is 111 Å². The SMILES string of the molecule is NC1CCC(c2nccs2)OC1.[N-]=[N+]=NC1CCC(c2nccs2)OC1.c1ccc(P(c2ccccc2)c2ccccc2)cc1. The molecule has 45 heavy (non-hydrogen) atoms. The molecule has 5 aromatic rings. The highest BCUT2D eigenvalue weighted by atomic mass is 32.1. The quantitative estimate of drug-likeness (QED) is 0.0882. The van der Waals surface area contributed by atoms with Gasteiger partial charge in [0.1, 0.15) is 22.2 Å². The summed E-state index contributed by atoms with van der Waals surface area (Å²) in [4.78, 5) is 11.2. The van der Waals surface area contributed by atoms with E-state index in [1.54, 1.807) is 28.9 Å². The minimum atomic E-state index is -0.446. The first-order valence-electron chi connectivity index (χ1n) is 15.0. The Balaban J connectivity index is 0.000000138. The molecule has 0 aliphatic carbocycles. The van der Waals surface area contributed by atoms with Crippen molar-refractivity contribution >= 4 is 46.5 Å². The van der Waals surface area contributed by atoms with E-state index in [-0.39, 0.29) is 24.3 Å². The molecule has 0 bridgehead atoms. The van der Waals surface area contributed by atoms with Crippen molar-refractivity contribution in [3.05, 3.63) is 135 Å². The van der Waals surface area contributed by atoms with Crippen molar-refractivity contribution in [2.24, 2.45) is 10.8 Å². The van der Waals surface area contributed by atoms with Crippen molar-refractivity contribution in [2.75, 3.05) is 13.2 Å². The van der Waals surface area contributed by atoms with Gasteiger partial charge in [0, 0.05) is 34.1 Å². The third-order valence-corrected chi connectivity index (χ3v) is 11.5. The molecule has 232 valence electrons. The molecule has 0 saturated carbocycles. The molecule has 2 aliphatic heterocycles. The number of ether oxygens (including phenoxy) is 2. The van der Waals surface area contributed by atoms with E-state index in [0.29, 0.717) is 13.2 Å². The highest BCUT2D eigenvalue weighted by Crippen LogP contribution is 2.32. The molecule has 11 heteroatoms. The van der Waals surface area contributed by atoms with E-state index >= 15 is 0 Å². The van der Waals surface area contributed by atoms with Crippen LogP contribution in [0.2, 0.25) is 0 Å². The van der Waals surface area contributed by atoms with Crippen LogP contribution in [-0.2, 0) is 9.47 Å². The largest absolute Gasteiger partial charge is 0.371 e. The van der Waals surface area contributed by atoms with Gasteiger partial charge in [0.15, 0.2) is 0 Å². The zero-order valence-corrected chi connectivity index (χ0v) is 27.4. The topological polar surface area (TPSA) is 119 Å². The van der Waals surface area contributed by atoms with Crippen LogP contribution in [0.15, 0.2) is 119 Å². The number of aromatic nitrogens is 2.